The summed E-state index contributed by atoms with van der Waals surface area (Å²) in [5, 5.41) is 8.60. The number of thiazole rings is 1. The van der Waals surface area contributed by atoms with Crippen LogP contribution in [-0.2, 0) is 11.2 Å². The van der Waals surface area contributed by atoms with E-state index in [0.29, 0.717) is 5.82 Å². The second-order valence-corrected chi connectivity index (χ2v) is 4.06. The molecular formula is C8H8N2O2S. The van der Waals surface area contributed by atoms with Crippen molar-refractivity contribution < 1.29 is 9.90 Å². The number of carbonyl (C=O) groups is 1. The second-order valence-electron chi connectivity index (χ2n) is 2.79. The van der Waals surface area contributed by atoms with Crippen molar-refractivity contribution in [1.29, 1.82) is 0 Å². The molecule has 0 fully saturated rings. The Labute approximate surface area is 78.5 Å². The van der Waals surface area contributed by atoms with Crippen LogP contribution in [0.4, 0.5) is 0 Å². The highest BCUT2D eigenvalue weighted by molar-refractivity contribution is 7.17. The van der Waals surface area contributed by atoms with Gasteiger partial charge in [0, 0.05) is 11.1 Å². The first kappa shape index (κ1) is 8.25. The minimum absolute atomic E-state index is 0.0235. The van der Waals surface area contributed by atoms with E-state index in [0.717, 1.165) is 9.71 Å². The van der Waals surface area contributed by atoms with Crippen LogP contribution in [0.25, 0.3) is 4.83 Å². The van der Waals surface area contributed by atoms with Gasteiger partial charge in [-0.1, -0.05) is 0 Å². The minimum Gasteiger partial charge on any atom is -0.481 e. The maximum Gasteiger partial charge on any atom is 0.311 e. The Morgan fingerprint density at radius 1 is 1.77 bits per heavy atom. The summed E-state index contributed by atoms with van der Waals surface area (Å²) in [5.74, 6) is -0.261. The topological polar surface area (TPSA) is 54.6 Å². The van der Waals surface area contributed by atoms with Crippen molar-refractivity contribution >= 4 is 22.1 Å². The zero-order valence-corrected chi connectivity index (χ0v) is 7.84. The lowest BCUT2D eigenvalue weighted by Gasteiger charge is -1.91. The first-order valence-corrected chi connectivity index (χ1v) is 4.62. The maximum absolute atomic E-state index is 10.5. The van der Waals surface area contributed by atoms with E-state index in [1.54, 1.807) is 17.5 Å². The summed E-state index contributed by atoms with van der Waals surface area (Å²) in [6.45, 7) is 1.99. The summed E-state index contributed by atoms with van der Waals surface area (Å²) < 4.78 is 1.83. The van der Waals surface area contributed by atoms with E-state index in [1.165, 1.54) is 0 Å². The molecule has 5 heteroatoms. The van der Waals surface area contributed by atoms with Crippen LogP contribution in [0.5, 0.6) is 0 Å². The number of imidazole rings is 1. The first-order chi connectivity index (χ1) is 6.16. The lowest BCUT2D eigenvalue weighted by Crippen LogP contribution is -2.03. The van der Waals surface area contributed by atoms with E-state index in [1.807, 2.05) is 17.5 Å². The normalized spacial score (nSPS) is 10.8. The average molecular weight is 196 g/mol. The summed E-state index contributed by atoms with van der Waals surface area (Å²) in [6.07, 6.45) is 3.59. The number of rotatable bonds is 2. The van der Waals surface area contributed by atoms with Crippen LogP contribution in [0.2, 0.25) is 0 Å². The molecule has 0 aliphatic rings. The predicted octanol–water partition coefficient (Wildman–Crippen LogP) is 1.33. The number of aryl methyl sites for hydroxylation is 1. The summed E-state index contributed by atoms with van der Waals surface area (Å²) in [4.78, 5) is 16.6. The van der Waals surface area contributed by atoms with Crippen molar-refractivity contribution in [2.45, 2.75) is 13.3 Å². The fraction of sp³-hybridized carbons (Fsp3) is 0.250. The van der Waals surface area contributed by atoms with Crippen molar-refractivity contribution in [2.24, 2.45) is 0 Å². The van der Waals surface area contributed by atoms with Gasteiger partial charge in [-0.05, 0) is 6.92 Å². The molecule has 2 aromatic heterocycles. The van der Waals surface area contributed by atoms with Crippen molar-refractivity contribution in [1.82, 2.24) is 9.38 Å². The fourth-order valence-electron chi connectivity index (χ4n) is 1.23. The van der Waals surface area contributed by atoms with Crippen molar-refractivity contribution in [3.8, 4) is 0 Å². The molecule has 0 spiro atoms. The number of hydrogen-bond acceptors (Lipinski definition) is 3. The molecule has 0 amide bonds. The number of fused-ring (bicyclic) bond motifs is 1. The lowest BCUT2D eigenvalue weighted by molar-refractivity contribution is -0.136. The van der Waals surface area contributed by atoms with Gasteiger partial charge in [0.2, 0.25) is 0 Å². The Hall–Kier alpha value is -1.36. The second kappa shape index (κ2) is 2.85. The molecule has 4 nitrogen and oxygen atoms in total. The Bertz CT molecular complexity index is 458. The third kappa shape index (κ3) is 1.42. The monoisotopic (exact) mass is 196 g/mol. The van der Waals surface area contributed by atoms with Gasteiger partial charge < -0.3 is 5.11 Å². The Balaban J connectivity index is 2.50. The molecule has 0 aromatic carbocycles. The zero-order valence-electron chi connectivity index (χ0n) is 7.02. The number of aromatic nitrogens is 2. The number of nitrogens with zero attached hydrogens (tertiary/aromatic N) is 2. The third-order valence-electron chi connectivity index (χ3n) is 1.73. The van der Waals surface area contributed by atoms with Crippen molar-refractivity contribution in [3.63, 3.8) is 0 Å². The van der Waals surface area contributed by atoms with Crippen molar-refractivity contribution in [2.75, 3.05) is 0 Å². The molecule has 0 radical (unpaired) electrons. The van der Waals surface area contributed by atoms with E-state index >= 15 is 0 Å². The number of carboxylic acids is 1. The van der Waals surface area contributed by atoms with Crippen LogP contribution in [-0.4, -0.2) is 20.5 Å². The number of aliphatic carboxylic acids is 1. The molecule has 0 saturated heterocycles. The highest BCUT2D eigenvalue weighted by Crippen LogP contribution is 2.18. The molecule has 0 saturated carbocycles. The van der Waals surface area contributed by atoms with Gasteiger partial charge in [-0.15, -0.1) is 11.3 Å². The van der Waals surface area contributed by atoms with E-state index in [9.17, 15) is 4.79 Å². The van der Waals surface area contributed by atoms with Crippen LogP contribution in [0.1, 0.15) is 10.7 Å². The standard InChI is InChI=1S/C8H8N2O2S/c1-5-4-10-6(2-8(11)12)9-3-7(10)13-5/h3-4H,2H2,1H3,(H,11,12). The van der Waals surface area contributed by atoms with E-state index in [-0.39, 0.29) is 6.42 Å². The van der Waals surface area contributed by atoms with Crippen LogP contribution >= 0.6 is 11.3 Å². The van der Waals surface area contributed by atoms with Gasteiger partial charge in [-0.25, -0.2) is 4.98 Å². The smallest absolute Gasteiger partial charge is 0.311 e. The van der Waals surface area contributed by atoms with E-state index < -0.39 is 5.97 Å². The molecule has 0 aliphatic carbocycles. The third-order valence-corrected chi connectivity index (χ3v) is 2.66. The number of carboxylic acid groups (broad SMARTS) is 1. The van der Waals surface area contributed by atoms with Crippen LogP contribution < -0.4 is 0 Å². The number of hydrogen-bond donors (Lipinski definition) is 1. The molecule has 0 unspecified atom stereocenters. The van der Waals surface area contributed by atoms with Gasteiger partial charge in [0.1, 0.15) is 17.1 Å². The average Bonchev–Trinajstić information content (AvgIpc) is 2.51. The van der Waals surface area contributed by atoms with E-state index in [4.69, 9.17) is 5.11 Å². The van der Waals surface area contributed by atoms with Crippen molar-refractivity contribution in [3.05, 3.63) is 23.1 Å². The highest BCUT2D eigenvalue weighted by atomic mass is 32.1. The summed E-state index contributed by atoms with van der Waals surface area (Å²) >= 11 is 1.61. The largest absolute Gasteiger partial charge is 0.481 e. The molecule has 68 valence electrons. The van der Waals surface area contributed by atoms with Gasteiger partial charge in [0.25, 0.3) is 0 Å². The molecule has 1 N–H and O–H groups in total. The lowest BCUT2D eigenvalue weighted by atomic mass is 10.4. The van der Waals surface area contributed by atoms with Crippen LogP contribution in [0.3, 0.4) is 0 Å². The molecule has 2 heterocycles. The fourth-order valence-corrected chi connectivity index (χ4v) is 2.08. The van der Waals surface area contributed by atoms with Crippen LogP contribution in [0.15, 0.2) is 12.4 Å². The first-order valence-electron chi connectivity index (χ1n) is 3.81. The Kier molecular flexibility index (Phi) is 1.81. The zero-order chi connectivity index (χ0) is 9.42. The summed E-state index contributed by atoms with van der Waals surface area (Å²) in [5.41, 5.74) is 0. The molecule has 0 aliphatic heterocycles. The quantitative estimate of drug-likeness (QED) is 0.788. The van der Waals surface area contributed by atoms with Gasteiger partial charge in [0.05, 0.1) is 6.20 Å². The maximum atomic E-state index is 10.5. The Morgan fingerprint density at radius 2 is 2.54 bits per heavy atom. The van der Waals surface area contributed by atoms with Crippen LogP contribution in [0, 0.1) is 6.92 Å². The molecule has 0 bridgehead atoms. The predicted molar refractivity (Wildman–Crippen MR) is 49.1 cm³/mol. The summed E-state index contributed by atoms with van der Waals surface area (Å²) in [7, 11) is 0. The molecule has 2 rings (SSSR count). The van der Waals surface area contributed by atoms with Gasteiger partial charge in [0.15, 0.2) is 0 Å². The minimum atomic E-state index is -0.851. The van der Waals surface area contributed by atoms with Gasteiger partial charge in [-0.3, -0.25) is 9.20 Å². The van der Waals surface area contributed by atoms with Gasteiger partial charge in [-0.2, -0.15) is 0 Å². The van der Waals surface area contributed by atoms with E-state index in [2.05, 4.69) is 4.98 Å². The molecule has 2 aromatic rings. The molecule has 0 atom stereocenters. The molecular weight excluding hydrogens is 188 g/mol. The SMILES string of the molecule is Cc1cn2c(CC(=O)O)ncc2s1. The Morgan fingerprint density at radius 3 is 3.23 bits per heavy atom. The molecule has 13 heavy (non-hydrogen) atoms. The summed E-state index contributed by atoms with van der Waals surface area (Å²) in [6, 6.07) is 0. The van der Waals surface area contributed by atoms with Gasteiger partial charge >= 0.3 is 5.97 Å². The highest BCUT2D eigenvalue weighted by Gasteiger charge is 2.09.